The van der Waals surface area contributed by atoms with Gasteiger partial charge in [-0.1, -0.05) is 23.7 Å². The van der Waals surface area contributed by atoms with Gasteiger partial charge in [0.15, 0.2) is 5.65 Å². The minimum absolute atomic E-state index is 0. The van der Waals surface area contributed by atoms with E-state index in [1.165, 1.54) is 12.1 Å². The van der Waals surface area contributed by atoms with Crippen LogP contribution in [0, 0.1) is 0 Å². The molecule has 8 nitrogen and oxygen atoms in total. The Morgan fingerprint density at radius 3 is 2.60 bits per heavy atom. The predicted molar refractivity (Wildman–Crippen MR) is 164 cm³/mol. The van der Waals surface area contributed by atoms with Crippen molar-refractivity contribution in [1.29, 1.82) is 0 Å². The fourth-order valence-corrected chi connectivity index (χ4v) is 6.33. The average Bonchev–Trinajstić information content (AvgIpc) is 3.76. The molecule has 40 heavy (non-hydrogen) atoms. The first kappa shape index (κ1) is 26.5. The smallest absolute Gasteiger partial charge is 0.164 e. The highest BCUT2D eigenvalue weighted by molar-refractivity contribution is 6.33. The van der Waals surface area contributed by atoms with Crippen LogP contribution in [0.1, 0.15) is 6.42 Å². The molecule has 2 aliphatic heterocycles. The third-order valence-electron chi connectivity index (χ3n) is 7.84. The molecule has 2 aromatic carbocycles. The molecule has 0 amide bonds. The molecule has 2 fully saturated rings. The van der Waals surface area contributed by atoms with Crippen LogP contribution in [-0.2, 0) is 0 Å². The lowest BCUT2D eigenvalue weighted by Crippen LogP contribution is -2.43. The number of anilines is 1. The lowest BCUT2D eigenvalue weighted by molar-refractivity contribution is 0.580. The number of benzene rings is 2. The van der Waals surface area contributed by atoms with E-state index in [4.69, 9.17) is 21.7 Å². The number of hydrogen-bond donors (Lipinski definition) is 2. The van der Waals surface area contributed by atoms with E-state index in [-0.39, 0.29) is 24.8 Å². The van der Waals surface area contributed by atoms with E-state index in [0.29, 0.717) is 17.1 Å². The van der Waals surface area contributed by atoms with E-state index >= 15 is 0 Å². The van der Waals surface area contributed by atoms with Crippen molar-refractivity contribution in [2.24, 2.45) is 0 Å². The van der Waals surface area contributed by atoms with Gasteiger partial charge < -0.3 is 10.2 Å². The largest absolute Gasteiger partial charge is 0.366 e. The van der Waals surface area contributed by atoms with Gasteiger partial charge in [-0.25, -0.2) is 9.50 Å². The van der Waals surface area contributed by atoms with Crippen LogP contribution < -0.4 is 10.2 Å². The molecule has 4 aromatic heterocycles. The number of piperazine rings is 1. The fourth-order valence-electron chi connectivity index (χ4n) is 6.06. The monoisotopic (exact) mass is 590 g/mol. The Kier molecular flexibility index (Phi) is 6.88. The Balaban J connectivity index is 0.00000145. The van der Waals surface area contributed by atoms with E-state index in [0.717, 1.165) is 63.3 Å². The third kappa shape index (κ3) is 4.10. The summed E-state index contributed by atoms with van der Waals surface area (Å²) in [5.74, 6) is 0. The van der Waals surface area contributed by atoms with Crippen LogP contribution in [-0.4, -0.2) is 55.0 Å². The molecule has 11 heteroatoms. The minimum Gasteiger partial charge on any atom is -0.366 e. The lowest BCUT2D eigenvalue weighted by atomic mass is 9.99. The number of hydrogen-bond acceptors (Lipinski definition) is 6. The zero-order valence-corrected chi connectivity index (χ0v) is 23.5. The highest BCUT2D eigenvalue weighted by Crippen LogP contribution is 2.40. The van der Waals surface area contributed by atoms with Crippen LogP contribution in [0.4, 0.5) is 5.69 Å². The van der Waals surface area contributed by atoms with Gasteiger partial charge in [0, 0.05) is 66.0 Å². The topological polar surface area (TPSA) is 87.0 Å². The van der Waals surface area contributed by atoms with Gasteiger partial charge >= 0.3 is 0 Å². The van der Waals surface area contributed by atoms with Crippen LogP contribution in [0.3, 0.4) is 0 Å². The molecule has 0 unspecified atom stereocenters. The summed E-state index contributed by atoms with van der Waals surface area (Å²) >= 11 is 6.96. The standard InChI is InChI=1S/C29H23ClN8.2ClH/c30-24-13-19(37-16-18-12-20(37)14-33-18)4-5-22(24)26-8-11-32-29-27(21-2-1-3-25-23(21)15-34-35-25)28(36-38(26)29)17-6-9-31-10-7-17;;/h1-11,13,15,18,20,33H,12,14,16H2,(H,34,35);2*1H/t18-,20-;;/m0../s1. The zero-order valence-electron chi connectivity index (χ0n) is 21.2. The van der Waals surface area contributed by atoms with Crippen molar-refractivity contribution in [3.63, 3.8) is 0 Å². The highest BCUT2D eigenvalue weighted by atomic mass is 35.5. The number of fused-ring (bicyclic) bond motifs is 4. The first-order valence-corrected chi connectivity index (χ1v) is 13.1. The van der Waals surface area contributed by atoms with Crippen LogP contribution in [0.5, 0.6) is 0 Å². The van der Waals surface area contributed by atoms with Crippen LogP contribution in [0.15, 0.2) is 79.4 Å². The molecule has 0 radical (unpaired) electrons. The summed E-state index contributed by atoms with van der Waals surface area (Å²) in [7, 11) is 0. The Morgan fingerprint density at radius 2 is 1.82 bits per heavy atom. The Morgan fingerprint density at radius 1 is 0.950 bits per heavy atom. The molecular formula is C29H25Cl3N8. The number of aromatic nitrogens is 6. The van der Waals surface area contributed by atoms with Crippen molar-refractivity contribution < 1.29 is 0 Å². The summed E-state index contributed by atoms with van der Waals surface area (Å²) in [6.07, 6.45) is 8.45. The number of aromatic amines is 1. The molecule has 2 atom stereocenters. The molecule has 2 aliphatic rings. The van der Waals surface area contributed by atoms with E-state index in [9.17, 15) is 0 Å². The summed E-state index contributed by atoms with van der Waals surface area (Å²) in [4.78, 5) is 11.5. The van der Waals surface area contributed by atoms with E-state index in [1.807, 2.05) is 47.2 Å². The maximum absolute atomic E-state index is 6.96. The fraction of sp³-hybridized carbons (Fsp3) is 0.172. The number of rotatable bonds is 4. The van der Waals surface area contributed by atoms with Gasteiger partial charge in [0.25, 0.3) is 0 Å². The van der Waals surface area contributed by atoms with Crippen LogP contribution in [0.25, 0.3) is 50.2 Å². The molecule has 0 spiro atoms. The molecule has 202 valence electrons. The normalized spacial score (nSPS) is 17.8. The summed E-state index contributed by atoms with van der Waals surface area (Å²) in [6.45, 7) is 2.06. The minimum atomic E-state index is 0. The second-order valence-electron chi connectivity index (χ2n) is 9.97. The van der Waals surface area contributed by atoms with E-state index < -0.39 is 0 Å². The van der Waals surface area contributed by atoms with Crippen molar-refractivity contribution in [3.8, 4) is 33.6 Å². The van der Waals surface area contributed by atoms with Crippen LogP contribution in [0.2, 0.25) is 5.02 Å². The number of pyridine rings is 1. The molecule has 6 heterocycles. The summed E-state index contributed by atoms with van der Waals surface area (Å²) in [5.41, 5.74) is 8.44. The molecule has 2 bridgehead atoms. The second kappa shape index (κ2) is 10.4. The SMILES string of the molecule is Cl.Cl.Clc1cc(N2C[C@@H]3C[C@H]2CN3)ccc1-c1ccnc2c(-c3cccc4[nH]ncc34)c(-c3ccncc3)nn12. The number of nitrogens with one attached hydrogen (secondary N) is 2. The molecule has 2 saturated heterocycles. The van der Waals surface area contributed by atoms with Gasteiger partial charge in [-0.2, -0.15) is 10.2 Å². The molecular weight excluding hydrogens is 567 g/mol. The number of nitrogens with zero attached hydrogens (tertiary/aromatic N) is 6. The molecule has 0 aliphatic carbocycles. The molecule has 0 saturated carbocycles. The average molecular weight is 592 g/mol. The third-order valence-corrected chi connectivity index (χ3v) is 8.16. The highest BCUT2D eigenvalue weighted by Gasteiger charge is 2.37. The van der Waals surface area contributed by atoms with Gasteiger partial charge in [0.1, 0.15) is 5.69 Å². The number of halogens is 3. The molecule has 6 aromatic rings. The van der Waals surface area contributed by atoms with Crippen molar-refractivity contribution in [3.05, 3.63) is 84.4 Å². The van der Waals surface area contributed by atoms with Crippen molar-refractivity contribution in [2.45, 2.75) is 18.5 Å². The van der Waals surface area contributed by atoms with Crippen LogP contribution >= 0.6 is 36.4 Å². The predicted octanol–water partition coefficient (Wildman–Crippen LogP) is 6.05. The quantitative estimate of drug-likeness (QED) is 0.260. The summed E-state index contributed by atoms with van der Waals surface area (Å²) in [5, 5.41) is 17.8. The number of H-pyrrole nitrogens is 1. The van der Waals surface area contributed by atoms with Gasteiger partial charge in [-0.15, -0.1) is 24.8 Å². The van der Waals surface area contributed by atoms with Gasteiger partial charge in [-0.3, -0.25) is 10.1 Å². The molecule has 2 N–H and O–H groups in total. The van der Waals surface area contributed by atoms with Crippen molar-refractivity contribution in [2.75, 3.05) is 18.0 Å². The van der Waals surface area contributed by atoms with Gasteiger partial charge in [-0.05, 0) is 54.4 Å². The zero-order chi connectivity index (χ0) is 25.2. The first-order valence-electron chi connectivity index (χ1n) is 12.7. The Bertz CT molecular complexity index is 1830. The van der Waals surface area contributed by atoms with Crippen molar-refractivity contribution >= 4 is 58.7 Å². The Labute approximate surface area is 247 Å². The maximum Gasteiger partial charge on any atom is 0.164 e. The van der Waals surface area contributed by atoms with E-state index in [1.54, 1.807) is 12.4 Å². The van der Waals surface area contributed by atoms with Crippen molar-refractivity contribution in [1.82, 2.24) is 35.1 Å². The first-order chi connectivity index (χ1) is 18.7. The van der Waals surface area contributed by atoms with E-state index in [2.05, 4.69) is 49.7 Å². The summed E-state index contributed by atoms with van der Waals surface area (Å²) in [6, 6.07) is 19.5. The maximum atomic E-state index is 6.96. The van der Waals surface area contributed by atoms with Gasteiger partial charge in [0.2, 0.25) is 0 Å². The lowest BCUT2D eigenvalue weighted by Gasteiger charge is -2.30. The Hall–Kier alpha value is -3.69. The second-order valence-corrected chi connectivity index (χ2v) is 10.4. The van der Waals surface area contributed by atoms with Gasteiger partial charge in [0.05, 0.1) is 28.0 Å². The summed E-state index contributed by atoms with van der Waals surface area (Å²) < 4.78 is 1.91. The molecule has 8 rings (SSSR count).